The van der Waals surface area contributed by atoms with E-state index in [2.05, 4.69) is 51.8 Å². The van der Waals surface area contributed by atoms with Gasteiger partial charge in [-0.15, -0.1) is 0 Å². The molecular weight excluding hydrogens is 315 g/mol. The number of hydrogen-bond acceptors (Lipinski definition) is 3. The highest BCUT2D eigenvalue weighted by Crippen LogP contribution is 2.20. The molecule has 0 fully saturated rings. The fourth-order valence-corrected chi connectivity index (χ4v) is 1.83. The van der Waals surface area contributed by atoms with Crippen LogP contribution in [0.25, 0.3) is 5.82 Å². The number of nitrogens with one attached hydrogen (secondary N) is 1. The van der Waals surface area contributed by atoms with Crippen LogP contribution in [0.2, 0.25) is 0 Å². The Balaban J connectivity index is 2.36. The van der Waals surface area contributed by atoms with Crippen LogP contribution in [-0.4, -0.2) is 20.8 Å². The Morgan fingerprint density at radius 1 is 1.44 bits per heavy atom. The van der Waals surface area contributed by atoms with Crippen molar-refractivity contribution in [3.05, 3.63) is 34.3 Å². The molecule has 16 heavy (non-hydrogen) atoms. The maximum Gasteiger partial charge on any atom is 0.155 e. The highest BCUT2D eigenvalue weighted by atomic mass is 127. The second-order valence-electron chi connectivity index (χ2n) is 3.77. The normalized spacial score (nSPS) is 10.8. The summed E-state index contributed by atoms with van der Waals surface area (Å²) in [4.78, 5) is 4.34. The number of rotatable bonds is 3. The van der Waals surface area contributed by atoms with Gasteiger partial charge in [-0.25, -0.2) is 9.67 Å². The largest absolute Gasteiger partial charge is 0.382 e. The van der Waals surface area contributed by atoms with Crippen molar-refractivity contribution in [2.75, 3.05) is 5.32 Å². The summed E-state index contributed by atoms with van der Waals surface area (Å²) in [6.07, 6.45) is 5.48. The maximum absolute atomic E-state index is 4.34. The van der Waals surface area contributed by atoms with Crippen molar-refractivity contribution in [2.24, 2.45) is 0 Å². The minimum Gasteiger partial charge on any atom is -0.382 e. The van der Waals surface area contributed by atoms with Crippen molar-refractivity contribution >= 4 is 28.3 Å². The molecule has 5 heteroatoms. The predicted molar refractivity (Wildman–Crippen MR) is 72.8 cm³/mol. The Labute approximate surface area is 108 Å². The third-order valence-electron chi connectivity index (χ3n) is 2.02. The molecule has 0 aliphatic carbocycles. The van der Waals surface area contributed by atoms with Crippen LogP contribution in [0.3, 0.4) is 0 Å². The molecular formula is C11H13IN4. The molecule has 0 atom stereocenters. The van der Waals surface area contributed by atoms with E-state index >= 15 is 0 Å². The van der Waals surface area contributed by atoms with Gasteiger partial charge in [0.2, 0.25) is 0 Å². The van der Waals surface area contributed by atoms with Crippen molar-refractivity contribution in [3.63, 3.8) is 0 Å². The fraction of sp³-hybridized carbons (Fsp3) is 0.273. The summed E-state index contributed by atoms with van der Waals surface area (Å²) >= 11 is 2.27. The molecule has 0 spiro atoms. The first-order valence-corrected chi connectivity index (χ1v) is 6.17. The molecule has 2 rings (SSSR count). The summed E-state index contributed by atoms with van der Waals surface area (Å²) in [5.41, 5.74) is 1.09. The molecule has 0 unspecified atom stereocenters. The Kier molecular flexibility index (Phi) is 3.42. The lowest BCUT2D eigenvalue weighted by Crippen LogP contribution is -2.12. The van der Waals surface area contributed by atoms with Gasteiger partial charge in [0, 0.05) is 30.7 Å². The molecule has 0 radical (unpaired) electrons. The van der Waals surface area contributed by atoms with Gasteiger partial charge < -0.3 is 5.32 Å². The van der Waals surface area contributed by atoms with Crippen molar-refractivity contribution in [3.8, 4) is 5.82 Å². The number of aromatic nitrogens is 3. The molecule has 0 bridgehead atoms. The van der Waals surface area contributed by atoms with E-state index in [1.807, 2.05) is 24.5 Å². The zero-order valence-corrected chi connectivity index (χ0v) is 11.3. The van der Waals surface area contributed by atoms with Crippen LogP contribution in [0, 0.1) is 3.57 Å². The predicted octanol–water partition coefficient (Wildman–Crippen LogP) is 2.69. The first-order chi connectivity index (χ1) is 7.66. The van der Waals surface area contributed by atoms with Crippen molar-refractivity contribution in [1.82, 2.24) is 14.8 Å². The average Bonchev–Trinajstić information content (AvgIpc) is 2.73. The summed E-state index contributed by atoms with van der Waals surface area (Å²) in [6.45, 7) is 4.23. The van der Waals surface area contributed by atoms with Crippen LogP contribution in [0.4, 0.5) is 5.69 Å². The van der Waals surface area contributed by atoms with E-state index in [9.17, 15) is 0 Å². The zero-order valence-electron chi connectivity index (χ0n) is 9.18. The first kappa shape index (κ1) is 11.4. The van der Waals surface area contributed by atoms with Gasteiger partial charge in [0.15, 0.2) is 5.82 Å². The van der Waals surface area contributed by atoms with Gasteiger partial charge >= 0.3 is 0 Å². The number of pyridine rings is 1. The molecule has 1 N–H and O–H groups in total. The third-order valence-corrected chi connectivity index (χ3v) is 2.88. The van der Waals surface area contributed by atoms with Crippen molar-refractivity contribution in [1.29, 1.82) is 0 Å². The lowest BCUT2D eigenvalue weighted by atomic mass is 10.3. The van der Waals surface area contributed by atoms with Crippen LogP contribution < -0.4 is 5.32 Å². The smallest absolute Gasteiger partial charge is 0.155 e. The number of nitrogens with zero attached hydrogens (tertiary/aromatic N) is 3. The van der Waals surface area contributed by atoms with Gasteiger partial charge in [-0.2, -0.15) is 5.10 Å². The van der Waals surface area contributed by atoms with Gasteiger partial charge in [0.25, 0.3) is 0 Å². The van der Waals surface area contributed by atoms with E-state index in [-0.39, 0.29) is 0 Å². The Morgan fingerprint density at radius 2 is 2.25 bits per heavy atom. The number of anilines is 1. The molecule has 0 saturated carbocycles. The molecule has 0 aliphatic rings. The summed E-state index contributed by atoms with van der Waals surface area (Å²) in [5.74, 6) is 0.827. The van der Waals surface area contributed by atoms with E-state index in [1.54, 1.807) is 10.9 Å². The second kappa shape index (κ2) is 4.82. The SMILES string of the molecule is CC(C)Nc1cc(-n2cccn2)ncc1I. The maximum atomic E-state index is 4.34. The van der Waals surface area contributed by atoms with Crippen LogP contribution in [0.1, 0.15) is 13.8 Å². The van der Waals surface area contributed by atoms with Gasteiger partial charge in [-0.1, -0.05) is 0 Å². The van der Waals surface area contributed by atoms with E-state index in [4.69, 9.17) is 0 Å². The number of halogens is 1. The van der Waals surface area contributed by atoms with E-state index in [0.29, 0.717) is 6.04 Å². The molecule has 0 aromatic carbocycles. The summed E-state index contributed by atoms with van der Waals surface area (Å²) < 4.78 is 2.86. The minimum absolute atomic E-state index is 0.404. The average molecular weight is 328 g/mol. The van der Waals surface area contributed by atoms with Gasteiger partial charge in [0.05, 0.1) is 9.26 Å². The van der Waals surface area contributed by atoms with E-state index in [0.717, 1.165) is 15.1 Å². The van der Waals surface area contributed by atoms with Crippen molar-refractivity contribution in [2.45, 2.75) is 19.9 Å². The quantitative estimate of drug-likeness (QED) is 0.881. The summed E-state index contributed by atoms with van der Waals surface area (Å²) in [7, 11) is 0. The lowest BCUT2D eigenvalue weighted by Gasteiger charge is -2.12. The lowest BCUT2D eigenvalue weighted by molar-refractivity contribution is 0.842. The van der Waals surface area contributed by atoms with E-state index < -0.39 is 0 Å². The fourth-order valence-electron chi connectivity index (χ4n) is 1.38. The molecule has 0 amide bonds. The minimum atomic E-state index is 0.404. The Hall–Kier alpha value is -1.11. The third kappa shape index (κ3) is 2.52. The van der Waals surface area contributed by atoms with Crippen LogP contribution in [0.15, 0.2) is 30.7 Å². The summed E-state index contributed by atoms with van der Waals surface area (Å²) in [5, 5.41) is 7.55. The molecule has 84 valence electrons. The topological polar surface area (TPSA) is 42.7 Å². The molecule has 4 nitrogen and oxygen atoms in total. The molecule has 0 aliphatic heterocycles. The molecule has 2 aromatic rings. The zero-order chi connectivity index (χ0) is 11.5. The van der Waals surface area contributed by atoms with Crippen molar-refractivity contribution < 1.29 is 0 Å². The van der Waals surface area contributed by atoms with Crippen LogP contribution in [0.5, 0.6) is 0 Å². The summed E-state index contributed by atoms with van der Waals surface area (Å²) in [6, 6.07) is 4.30. The van der Waals surface area contributed by atoms with Crippen LogP contribution >= 0.6 is 22.6 Å². The molecule has 0 saturated heterocycles. The van der Waals surface area contributed by atoms with Crippen LogP contribution in [-0.2, 0) is 0 Å². The first-order valence-electron chi connectivity index (χ1n) is 5.09. The van der Waals surface area contributed by atoms with Gasteiger partial charge in [-0.3, -0.25) is 0 Å². The van der Waals surface area contributed by atoms with Gasteiger partial charge in [-0.05, 0) is 42.5 Å². The highest BCUT2D eigenvalue weighted by Gasteiger charge is 2.05. The second-order valence-corrected chi connectivity index (χ2v) is 4.93. The Morgan fingerprint density at radius 3 is 2.88 bits per heavy atom. The highest BCUT2D eigenvalue weighted by molar-refractivity contribution is 14.1. The molecule has 2 aromatic heterocycles. The Bertz CT molecular complexity index is 465. The number of hydrogen-bond donors (Lipinski definition) is 1. The molecule has 2 heterocycles. The standard InChI is InChI=1S/C11H13IN4/c1-8(2)15-10-6-11(13-7-9(10)12)16-5-3-4-14-16/h3-8H,1-2H3,(H,13,15). The van der Waals surface area contributed by atoms with E-state index in [1.165, 1.54) is 0 Å². The van der Waals surface area contributed by atoms with Gasteiger partial charge in [0.1, 0.15) is 0 Å². The monoisotopic (exact) mass is 328 g/mol.